The van der Waals surface area contributed by atoms with Gasteiger partial charge in [0, 0.05) is 70.9 Å². The quantitative estimate of drug-likeness (QED) is 0.185. The number of carbonyl (C=O) groups is 1. The van der Waals surface area contributed by atoms with Gasteiger partial charge in [0.25, 0.3) is 0 Å². The number of esters is 1. The van der Waals surface area contributed by atoms with Crippen molar-refractivity contribution in [2.75, 3.05) is 38.7 Å². The molecule has 8 nitrogen and oxygen atoms in total. The Morgan fingerprint density at radius 3 is 2.79 bits per heavy atom. The first-order valence-electron chi connectivity index (χ1n) is 18.5. The van der Waals surface area contributed by atoms with Crippen molar-refractivity contribution < 1.29 is 19.7 Å². The summed E-state index contributed by atoms with van der Waals surface area (Å²) in [6.45, 7) is 7.35. The van der Waals surface area contributed by atoms with Gasteiger partial charge in [-0.1, -0.05) is 36.8 Å². The van der Waals surface area contributed by atoms with Gasteiger partial charge >= 0.3 is 5.97 Å². The van der Waals surface area contributed by atoms with Gasteiger partial charge in [-0.3, -0.25) is 14.6 Å². The molecule has 10 atom stereocenters. The molecule has 48 heavy (non-hydrogen) atoms. The Morgan fingerprint density at radius 1 is 1.15 bits per heavy atom. The van der Waals surface area contributed by atoms with Crippen molar-refractivity contribution in [2.24, 2.45) is 16.7 Å². The molecule has 5 fully saturated rings. The molecule has 0 aliphatic carbocycles. The molecule has 9 heterocycles. The molecule has 2 aromatic carbocycles. The van der Waals surface area contributed by atoms with Gasteiger partial charge in [-0.15, -0.1) is 0 Å². The summed E-state index contributed by atoms with van der Waals surface area (Å²) < 4.78 is 8.15. The number of benzene rings is 2. The smallest absolute Gasteiger partial charge is 0.316 e. The van der Waals surface area contributed by atoms with Gasteiger partial charge in [-0.2, -0.15) is 0 Å². The molecule has 1 aromatic heterocycles. The first-order chi connectivity index (χ1) is 23.4. The summed E-state index contributed by atoms with van der Waals surface area (Å²) in [5, 5.41) is 28.6. The molecule has 252 valence electrons. The van der Waals surface area contributed by atoms with Crippen molar-refractivity contribution in [3.63, 3.8) is 0 Å². The van der Waals surface area contributed by atoms with Gasteiger partial charge in [0.05, 0.1) is 25.8 Å². The zero-order valence-electron chi connectivity index (χ0n) is 28.4. The maximum absolute atomic E-state index is 13.8. The predicted octanol–water partition coefficient (Wildman–Crippen LogP) is 5.88. The predicted molar refractivity (Wildman–Crippen MR) is 185 cm³/mol. The van der Waals surface area contributed by atoms with Crippen LogP contribution in [0.4, 0.5) is 5.69 Å². The Balaban J connectivity index is 1.17. The van der Waals surface area contributed by atoms with Crippen LogP contribution >= 0.6 is 0 Å². The fraction of sp³-hybridized carbons (Fsp3) is 0.575. The van der Waals surface area contributed by atoms with E-state index in [2.05, 4.69) is 69.9 Å². The number of nitrogens with one attached hydrogen (secondary N) is 1. The number of para-hydroxylation sites is 1. The third-order valence-corrected chi connectivity index (χ3v) is 14.8. The lowest BCUT2D eigenvalue weighted by Gasteiger charge is -2.65. The molecule has 0 spiro atoms. The number of aliphatic hydroxyl groups is 1. The molecule has 3 aromatic rings. The second-order valence-corrected chi connectivity index (χ2v) is 16.0. The first-order valence-corrected chi connectivity index (χ1v) is 18.5. The largest absolute Gasteiger partial charge is 0.508 e. The summed E-state index contributed by atoms with van der Waals surface area (Å²) >= 11 is 0. The van der Waals surface area contributed by atoms with Crippen LogP contribution in [0.5, 0.6) is 5.75 Å². The highest BCUT2D eigenvalue weighted by molar-refractivity contribution is 5.87. The van der Waals surface area contributed by atoms with Gasteiger partial charge < -0.3 is 24.8 Å². The average molecular weight is 649 g/mol. The second kappa shape index (κ2) is 10.1. The first kappa shape index (κ1) is 29.6. The summed E-state index contributed by atoms with van der Waals surface area (Å²) in [6, 6.07) is 13.7. The number of hydrogen-bond donors (Lipinski definition) is 3. The third-order valence-electron chi connectivity index (χ3n) is 14.8. The van der Waals surface area contributed by atoms with Crippen LogP contribution < -0.4 is 5.32 Å². The Labute approximate surface area is 282 Å². The fourth-order valence-electron chi connectivity index (χ4n) is 12.9. The number of aromatic hydroxyl groups is 1. The van der Waals surface area contributed by atoms with Gasteiger partial charge in [0.15, 0.2) is 0 Å². The summed E-state index contributed by atoms with van der Waals surface area (Å²) in [5.41, 5.74) is 8.14. The Morgan fingerprint density at radius 2 is 2.00 bits per heavy atom. The molecule has 3 N–H and O–H groups in total. The van der Waals surface area contributed by atoms with Gasteiger partial charge in [-0.25, -0.2) is 0 Å². The van der Waals surface area contributed by atoms with Crippen LogP contribution in [-0.4, -0.2) is 82.0 Å². The monoisotopic (exact) mass is 648 g/mol. The van der Waals surface area contributed by atoms with Crippen molar-refractivity contribution in [1.29, 1.82) is 0 Å². The van der Waals surface area contributed by atoms with Gasteiger partial charge in [0.2, 0.25) is 0 Å². The second-order valence-electron chi connectivity index (χ2n) is 16.0. The molecule has 8 aliphatic rings. The minimum Gasteiger partial charge on any atom is -0.508 e. The number of ether oxygens (including phenoxy) is 1. The summed E-state index contributed by atoms with van der Waals surface area (Å²) in [5.74, 6) is 0.175. The van der Waals surface area contributed by atoms with Crippen molar-refractivity contribution in [3.8, 4) is 5.75 Å². The van der Waals surface area contributed by atoms with E-state index in [1.54, 1.807) is 0 Å². The number of aliphatic hydroxyl groups excluding tert-OH is 1. The number of fused-ring (bicyclic) bond motifs is 7. The number of piperidine rings is 5. The number of phenols is 1. The lowest BCUT2D eigenvalue weighted by molar-refractivity contribution is -0.188. The zero-order chi connectivity index (χ0) is 32.7. The van der Waals surface area contributed by atoms with E-state index in [4.69, 9.17) is 4.74 Å². The molecule has 0 radical (unpaired) electrons. The molecule has 11 rings (SSSR count). The van der Waals surface area contributed by atoms with E-state index in [1.165, 1.54) is 59.8 Å². The summed E-state index contributed by atoms with van der Waals surface area (Å²) in [6.07, 6.45) is 9.35. The maximum atomic E-state index is 13.8. The number of allylic oxidation sites excluding steroid dienone is 1. The van der Waals surface area contributed by atoms with E-state index < -0.39 is 5.41 Å². The highest BCUT2D eigenvalue weighted by Gasteiger charge is 2.68. The number of hydrogen-bond acceptors (Lipinski definition) is 7. The molecule has 4 unspecified atom stereocenters. The average Bonchev–Trinajstić information content (AvgIpc) is 3.67. The van der Waals surface area contributed by atoms with Crippen LogP contribution in [0.1, 0.15) is 92.8 Å². The van der Waals surface area contributed by atoms with Crippen LogP contribution in [-0.2, 0) is 16.0 Å². The van der Waals surface area contributed by atoms with Crippen LogP contribution in [0, 0.1) is 16.7 Å². The number of carbonyl (C=O) groups excluding carboxylic acids is 1. The van der Waals surface area contributed by atoms with Crippen LogP contribution in [0.3, 0.4) is 0 Å². The molecule has 0 amide bonds. The Hall–Kier alpha value is -3.33. The van der Waals surface area contributed by atoms with E-state index in [-0.39, 0.29) is 54.0 Å². The standard InChI is InChI=1S/C40H48N4O4/c1-4-22-20-43-29-18-26(22)40(21-45,38(47)48-3)32(43)17-25-33-27(41-35(25)29)11-12-31(46)34(33)30-19-39(5-2)14-8-15-42-16-13-24-23-9-6-7-10-28(23)44(30)36(24)37(39)42/h4,6-7,9-12,25-26,29-30,32,35,37,41,45-46H,5,8,13-21H2,1-3H3/b22-4-/t25?,26-,29+,30+,32+,35?,37+,39-,40?/m1/s1. The van der Waals surface area contributed by atoms with E-state index >= 15 is 0 Å². The van der Waals surface area contributed by atoms with Crippen LogP contribution in [0.25, 0.3) is 10.9 Å². The lowest BCUT2D eigenvalue weighted by atomic mass is 9.53. The number of aromatic nitrogens is 1. The number of anilines is 1. The van der Waals surface area contributed by atoms with E-state index in [0.717, 1.165) is 56.4 Å². The number of nitrogens with zero attached hydrogens (tertiary/aromatic N) is 3. The topological polar surface area (TPSA) is 90.2 Å². The maximum Gasteiger partial charge on any atom is 0.316 e. The molecule has 8 heteroatoms. The minimum absolute atomic E-state index is 0.0137. The van der Waals surface area contributed by atoms with Crippen molar-refractivity contribution >= 4 is 22.6 Å². The molecule has 5 saturated heterocycles. The van der Waals surface area contributed by atoms with Gasteiger partial charge in [-0.05, 0) is 93.2 Å². The van der Waals surface area contributed by atoms with E-state index in [0.29, 0.717) is 11.8 Å². The minimum atomic E-state index is -0.984. The number of methoxy groups -OCH3 is 1. The summed E-state index contributed by atoms with van der Waals surface area (Å²) in [4.78, 5) is 19.1. The van der Waals surface area contributed by atoms with E-state index in [1.807, 2.05) is 6.07 Å². The third kappa shape index (κ3) is 3.40. The highest BCUT2D eigenvalue weighted by atomic mass is 16.5. The van der Waals surface area contributed by atoms with Gasteiger partial charge in [0.1, 0.15) is 11.2 Å². The summed E-state index contributed by atoms with van der Waals surface area (Å²) in [7, 11) is 1.47. The van der Waals surface area contributed by atoms with E-state index in [9.17, 15) is 15.0 Å². The zero-order valence-corrected chi connectivity index (χ0v) is 28.4. The number of phenolic OH excluding ortho intramolecular Hbond substituents is 1. The Kier molecular flexibility index (Phi) is 6.23. The molecule has 4 bridgehead atoms. The highest BCUT2D eigenvalue weighted by Crippen LogP contribution is 2.65. The van der Waals surface area contributed by atoms with Crippen molar-refractivity contribution in [1.82, 2.24) is 14.4 Å². The molecule has 8 aliphatic heterocycles. The fourth-order valence-corrected chi connectivity index (χ4v) is 12.9. The Bertz CT molecular complexity index is 1900. The molecular formula is C40H48N4O4. The number of rotatable bonds is 4. The SMILES string of the molecule is C/C=C1/CN2[C@H]3CC4c5c(ccc(O)c5[C@@H]5C[C@@]6(CC)CCCN7CCc8c(n5c5ccccc85)[C@H]76)NC4[C@@H]2C[C@H]1C3(CO)C(=O)OC. The normalized spacial score (nSPS) is 39.5. The molecule has 0 saturated carbocycles. The molecular weight excluding hydrogens is 600 g/mol. The van der Waals surface area contributed by atoms with Crippen molar-refractivity contribution in [3.05, 3.63) is 70.4 Å². The van der Waals surface area contributed by atoms with Crippen LogP contribution in [0.2, 0.25) is 0 Å². The van der Waals surface area contributed by atoms with Crippen LogP contribution in [0.15, 0.2) is 48.0 Å². The lowest BCUT2D eigenvalue weighted by Crippen LogP contribution is -2.75. The van der Waals surface area contributed by atoms with Crippen molar-refractivity contribution in [2.45, 2.75) is 94.9 Å².